The number of hydrogen-bond donors (Lipinski definition) is 2. The van der Waals surface area contributed by atoms with E-state index in [-0.39, 0.29) is 30.9 Å². The van der Waals surface area contributed by atoms with Crippen LogP contribution in [0, 0.1) is 0 Å². The number of piperidine rings is 1. The summed E-state index contributed by atoms with van der Waals surface area (Å²) in [5.74, 6) is 0.105. The van der Waals surface area contributed by atoms with Gasteiger partial charge in [-0.2, -0.15) is 0 Å². The minimum atomic E-state index is -0.704. The first-order valence-electron chi connectivity index (χ1n) is 4.58. The predicted molar refractivity (Wildman–Crippen MR) is 68.0 cm³/mol. The lowest BCUT2D eigenvalue weighted by atomic mass is 10.1. The lowest BCUT2D eigenvalue weighted by Gasteiger charge is -2.31. The normalized spacial score (nSPS) is 21.3. The minimum Gasteiger partial charge on any atom is -0.480 e. The molecule has 92 valence electrons. The van der Waals surface area contributed by atoms with Gasteiger partial charge in [-0.3, -0.25) is 4.79 Å². The van der Waals surface area contributed by atoms with Crippen LogP contribution in [0.4, 0.5) is 0 Å². The highest BCUT2D eigenvalue weighted by atomic mass is 35.5. The van der Waals surface area contributed by atoms with Crippen molar-refractivity contribution in [2.45, 2.75) is 25.3 Å². The number of carbonyl (C=O) groups is 1. The summed E-state index contributed by atoms with van der Waals surface area (Å²) >= 11 is 1.56. The molecule has 0 bridgehead atoms. The number of nitrogens with zero attached hydrogens (tertiary/aromatic N) is 1. The number of nitrogens with two attached hydrogens (primary N) is 1. The third-order valence-electron chi connectivity index (χ3n) is 2.11. The van der Waals surface area contributed by atoms with Crippen molar-refractivity contribution in [3.8, 4) is 0 Å². The maximum atomic E-state index is 10.8. The molecule has 3 N–H and O–H groups in total. The van der Waals surface area contributed by atoms with E-state index in [0.717, 1.165) is 31.6 Å². The van der Waals surface area contributed by atoms with Crippen LogP contribution < -0.4 is 5.73 Å². The minimum absolute atomic E-state index is 0. The second kappa shape index (κ2) is 9.54. The molecule has 0 aliphatic carbocycles. The van der Waals surface area contributed by atoms with Crippen LogP contribution in [0.15, 0.2) is 0 Å². The summed E-state index contributed by atoms with van der Waals surface area (Å²) in [6, 6.07) is -0.301. The zero-order valence-electron chi connectivity index (χ0n) is 8.42. The van der Waals surface area contributed by atoms with Crippen LogP contribution in [0.3, 0.4) is 0 Å². The van der Waals surface area contributed by atoms with E-state index in [9.17, 15) is 4.79 Å². The number of rotatable bonds is 4. The van der Waals surface area contributed by atoms with Gasteiger partial charge in [-0.25, -0.2) is 4.31 Å². The molecule has 0 radical (unpaired) electrons. The molecule has 15 heavy (non-hydrogen) atoms. The number of carboxylic acid groups (broad SMARTS) is 1. The van der Waals surface area contributed by atoms with Crippen molar-refractivity contribution in [1.82, 2.24) is 4.31 Å². The molecule has 7 heteroatoms. The largest absolute Gasteiger partial charge is 0.480 e. The molecule has 0 aromatic rings. The first-order chi connectivity index (χ1) is 6.25. The van der Waals surface area contributed by atoms with Crippen molar-refractivity contribution in [2.75, 3.05) is 18.8 Å². The smallest absolute Gasteiger partial charge is 0.321 e. The quantitative estimate of drug-likeness (QED) is 0.760. The predicted octanol–water partition coefficient (Wildman–Crippen LogP) is 1.38. The fourth-order valence-corrected chi connectivity index (χ4v) is 2.45. The molecule has 1 atom stereocenters. The highest BCUT2D eigenvalue weighted by molar-refractivity contribution is 7.97. The van der Waals surface area contributed by atoms with Crippen LogP contribution >= 0.6 is 36.8 Å². The molecule has 0 aromatic heterocycles. The van der Waals surface area contributed by atoms with Crippen LogP contribution in [0.25, 0.3) is 0 Å². The molecular formula is C8H18Cl2N2O2S. The third-order valence-corrected chi connectivity index (χ3v) is 3.30. The van der Waals surface area contributed by atoms with Crippen molar-refractivity contribution in [1.29, 1.82) is 0 Å². The molecule has 0 spiro atoms. The molecule has 0 aromatic carbocycles. The van der Waals surface area contributed by atoms with Gasteiger partial charge in [0.25, 0.3) is 0 Å². The Morgan fingerprint density at radius 3 is 2.67 bits per heavy atom. The summed E-state index contributed by atoms with van der Waals surface area (Å²) in [4.78, 5) is 10.8. The van der Waals surface area contributed by atoms with Crippen molar-refractivity contribution in [3.63, 3.8) is 0 Å². The standard InChI is InChI=1S/C8H16N2O2S.2ClH/c9-4-6-13-10-5-2-1-3-7(10)8(11)12;;/h7H,1-6,9H2,(H,11,12);2*1H. The van der Waals surface area contributed by atoms with E-state index in [0.29, 0.717) is 6.54 Å². The van der Waals surface area contributed by atoms with Crippen LogP contribution in [0.5, 0.6) is 0 Å². The molecule has 1 fully saturated rings. The molecule has 1 saturated heterocycles. The third kappa shape index (κ3) is 5.82. The first-order valence-corrected chi connectivity index (χ1v) is 5.52. The van der Waals surface area contributed by atoms with Crippen molar-refractivity contribution in [2.24, 2.45) is 5.73 Å². The Kier molecular flexibility index (Phi) is 11.3. The fourth-order valence-electron chi connectivity index (χ4n) is 1.48. The fraction of sp³-hybridized carbons (Fsp3) is 0.875. The van der Waals surface area contributed by atoms with Gasteiger partial charge in [0.05, 0.1) is 0 Å². The van der Waals surface area contributed by atoms with Gasteiger partial charge in [-0.15, -0.1) is 24.8 Å². The lowest BCUT2D eigenvalue weighted by Crippen LogP contribution is -2.40. The Morgan fingerprint density at radius 1 is 1.47 bits per heavy atom. The van der Waals surface area contributed by atoms with E-state index < -0.39 is 5.97 Å². The van der Waals surface area contributed by atoms with Gasteiger partial charge in [-0.1, -0.05) is 11.9 Å². The summed E-state index contributed by atoms with van der Waals surface area (Å²) in [5, 5.41) is 8.92. The Balaban J connectivity index is 0. The van der Waals surface area contributed by atoms with Gasteiger partial charge < -0.3 is 10.8 Å². The highest BCUT2D eigenvalue weighted by Crippen LogP contribution is 2.24. The van der Waals surface area contributed by atoms with Gasteiger partial charge in [0.15, 0.2) is 0 Å². The van der Waals surface area contributed by atoms with Gasteiger partial charge in [0.2, 0.25) is 0 Å². The first kappa shape index (κ1) is 17.7. The monoisotopic (exact) mass is 276 g/mol. The number of hydrogen-bond acceptors (Lipinski definition) is 4. The van der Waals surface area contributed by atoms with E-state index in [2.05, 4.69) is 0 Å². The summed E-state index contributed by atoms with van der Waals surface area (Å²) in [5.41, 5.74) is 5.37. The van der Waals surface area contributed by atoms with E-state index in [4.69, 9.17) is 10.8 Å². The Labute approximate surface area is 107 Å². The van der Waals surface area contributed by atoms with Gasteiger partial charge in [0.1, 0.15) is 6.04 Å². The summed E-state index contributed by atoms with van der Waals surface area (Å²) < 4.78 is 1.96. The molecular weight excluding hydrogens is 259 g/mol. The number of carboxylic acids is 1. The van der Waals surface area contributed by atoms with Crippen LogP contribution in [0.2, 0.25) is 0 Å². The molecule has 1 aliphatic rings. The van der Waals surface area contributed by atoms with Crippen molar-refractivity contribution >= 4 is 42.7 Å². The molecule has 1 heterocycles. The SMILES string of the molecule is Cl.Cl.NCCSN1CCCCC1C(=O)O. The van der Waals surface area contributed by atoms with Gasteiger partial charge >= 0.3 is 5.97 Å². The summed E-state index contributed by atoms with van der Waals surface area (Å²) in [6.07, 6.45) is 2.89. The maximum Gasteiger partial charge on any atom is 0.321 e. The molecule has 1 aliphatic heterocycles. The lowest BCUT2D eigenvalue weighted by molar-refractivity contribution is -0.142. The second-order valence-corrected chi connectivity index (χ2v) is 4.25. The maximum absolute atomic E-state index is 10.8. The van der Waals surface area contributed by atoms with Crippen molar-refractivity contribution in [3.05, 3.63) is 0 Å². The van der Waals surface area contributed by atoms with E-state index in [1.165, 1.54) is 0 Å². The number of halogens is 2. The van der Waals surface area contributed by atoms with Crippen LogP contribution in [-0.2, 0) is 4.79 Å². The number of aliphatic carboxylic acids is 1. The average molecular weight is 277 g/mol. The Bertz CT molecular complexity index is 186. The molecule has 0 saturated carbocycles. The van der Waals surface area contributed by atoms with Gasteiger partial charge in [-0.05, 0) is 19.3 Å². The van der Waals surface area contributed by atoms with Crippen LogP contribution in [-0.4, -0.2) is 40.3 Å². The zero-order valence-corrected chi connectivity index (χ0v) is 10.9. The molecule has 1 rings (SSSR count). The van der Waals surface area contributed by atoms with Gasteiger partial charge in [0, 0.05) is 18.8 Å². The van der Waals surface area contributed by atoms with E-state index >= 15 is 0 Å². The van der Waals surface area contributed by atoms with Crippen LogP contribution in [0.1, 0.15) is 19.3 Å². The summed E-state index contributed by atoms with van der Waals surface area (Å²) in [6.45, 7) is 1.48. The molecule has 1 unspecified atom stereocenters. The average Bonchev–Trinajstić information content (AvgIpc) is 2.15. The Morgan fingerprint density at radius 2 is 2.13 bits per heavy atom. The van der Waals surface area contributed by atoms with E-state index in [1.54, 1.807) is 11.9 Å². The van der Waals surface area contributed by atoms with E-state index in [1.807, 2.05) is 4.31 Å². The topological polar surface area (TPSA) is 66.6 Å². The second-order valence-electron chi connectivity index (χ2n) is 3.11. The van der Waals surface area contributed by atoms with Crippen molar-refractivity contribution < 1.29 is 9.90 Å². The molecule has 0 amide bonds. The molecule has 4 nitrogen and oxygen atoms in total. The highest BCUT2D eigenvalue weighted by Gasteiger charge is 2.28. The zero-order chi connectivity index (χ0) is 9.68. The summed E-state index contributed by atoms with van der Waals surface area (Å²) in [7, 11) is 0. The Hall–Kier alpha value is 0.320.